The fourth-order valence-electron chi connectivity index (χ4n) is 2.75. The van der Waals surface area contributed by atoms with Crippen LogP contribution in [-0.4, -0.2) is 30.0 Å². The second-order valence-corrected chi connectivity index (χ2v) is 6.20. The zero-order valence-electron chi connectivity index (χ0n) is 15.7. The van der Waals surface area contributed by atoms with Gasteiger partial charge in [-0.05, 0) is 25.1 Å². The monoisotopic (exact) mass is 398 g/mol. The summed E-state index contributed by atoms with van der Waals surface area (Å²) in [7, 11) is 1.54. The largest absolute Gasteiger partial charge is 0.497 e. The van der Waals surface area contributed by atoms with Crippen LogP contribution in [0.3, 0.4) is 0 Å². The van der Waals surface area contributed by atoms with Gasteiger partial charge in [0.2, 0.25) is 0 Å². The van der Waals surface area contributed by atoms with E-state index >= 15 is 0 Å². The molecule has 0 saturated carbocycles. The van der Waals surface area contributed by atoms with E-state index in [9.17, 15) is 19.7 Å². The molecule has 1 amide bonds. The Labute approximate surface area is 165 Å². The van der Waals surface area contributed by atoms with Crippen LogP contribution in [0.4, 0.5) is 11.4 Å². The first-order chi connectivity index (χ1) is 13.9. The predicted octanol–water partition coefficient (Wildman–Crippen LogP) is 3.46. The quantitative estimate of drug-likeness (QED) is 0.367. The molecule has 0 radical (unpaired) electrons. The van der Waals surface area contributed by atoms with Gasteiger partial charge in [-0.25, -0.2) is 0 Å². The summed E-state index contributed by atoms with van der Waals surface area (Å²) in [5.74, 6) is -0.676. The third-order valence-electron chi connectivity index (χ3n) is 4.23. The lowest BCUT2D eigenvalue weighted by molar-refractivity contribution is -0.383. The van der Waals surface area contributed by atoms with Crippen LogP contribution in [0.15, 0.2) is 53.1 Å². The number of nitro benzene ring substituents is 1. The van der Waals surface area contributed by atoms with Crippen molar-refractivity contribution in [3.05, 3.63) is 64.4 Å². The first-order valence-corrected chi connectivity index (χ1v) is 8.67. The van der Waals surface area contributed by atoms with Gasteiger partial charge in [0.25, 0.3) is 11.6 Å². The van der Waals surface area contributed by atoms with Crippen LogP contribution in [0.5, 0.6) is 5.75 Å². The van der Waals surface area contributed by atoms with Crippen LogP contribution in [0.25, 0.3) is 11.0 Å². The molecule has 1 aromatic heterocycles. The smallest absolute Gasteiger partial charge is 0.311 e. The molecule has 0 aliphatic heterocycles. The lowest BCUT2D eigenvalue weighted by Gasteiger charge is -2.13. The van der Waals surface area contributed by atoms with E-state index in [1.807, 2.05) is 0 Å². The molecular formula is C20H18N2O7. The van der Waals surface area contributed by atoms with Gasteiger partial charge >= 0.3 is 5.97 Å². The molecule has 0 unspecified atom stereocenters. The molecule has 0 aliphatic carbocycles. The van der Waals surface area contributed by atoms with Crippen molar-refractivity contribution in [2.75, 3.05) is 12.4 Å². The molecule has 3 rings (SSSR count). The average Bonchev–Trinajstić information content (AvgIpc) is 3.09. The number of ether oxygens (including phenoxy) is 2. The van der Waals surface area contributed by atoms with Crippen LogP contribution in [0.1, 0.15) is 12.5 Å². The molecule has 9 nitrogen and oxygen atoms in total. The number of hydrogen-bond donors (Lipinski definition) is 1. The zero-order valence-corrected chi connectivity index (χ0v) is 15.7. The number of rotatable bonds is 7. The Morgan fingerprint density at radius 2 is 2.00 bits per heavy atom. The van der Waals surface area contributed by atoms with Gasteiger partial charge in [0.15, 0.2) is 6.10 Å². The number of para-hydroxylation sites is 2. The molecule has 0 spiro atoms. The molecule has 29 heavy (non-hydrogen) atoms. The van der Waals surface area contributed by atoms with Gasteiger partial charge in [-0.3, -0.25) is 19.7 Å². The summed E-state index contributed by atoms with van der Waals surface area (Å²) in [4.78, 5) is 34.9. The highest BCUT2D eigenvalue weighted by Gasteiger charge is 2.22. The van der Waals surface area contributed by atoms with E-state index in [4.69, 9.17) is 13.9 Å². The van der Waals surface area contributed by atoms with E-state index in [2.05, 4.69) is 5.32 Å². The van der Waals surface area contributed by atoms with Crippen molar-refractivity contribution in [3.63, 3.8) is 0 Å². The third kappa shape index (κ3) is 4.52. The van der Waals surface area contributed by atoms with E-state index in [0.717, 1.165) is 5.39 Å². The van der Waals surface area contributed by atoms with E-state index in [1.54, 1.807) is 31.4 Å². The molecule has 1 heterocycles. The summed E-state index contributed by atoms with van der Waals surface area (Å²) < 4.78 is 15.7. The Morgan fingerprint density at radius 3 is 2.72 bits per heavy atom. The number of benzene rings is 2. The Bertz CT molecular complexity index is 1070. The Morgan fingerprint density at radius 1 is 1.24 bits per heavy atom. The summed E-state index contributed by atoms with van der Waals surface area (Å²) >= 11 is 0. The van der Waals surface area contributed by atoms with Crippen molar-refractivity contribution in [2.45, 2.75) is 19.4 Å². The molecule has 150 valence electrons. The van der Waals surface area contributed by atoms with E-state index in [1.165, 1.54) is 31.4 Å². The van der Waals surface area contributed by atoms with Crippen LogP contribution in [0, 0.1) is 10.1 Å². The number of esters is 1. The molecule has 9 heteroatoms. The molecule has 0 saturated heterocycles. The van der Waals surface area contributed by atoms with Crippen molar-refractivity contribution in [1.29, 1.82) is 0 Å². The van der Waals surface area contributed by atoms with Gasteiger partial charge in [-0.15, -0.1) is 0 Å². The second-order valence-electron chi connectivity index (χ2n) is 6.20. The SMILES string of the molecule is COc1ccc2c(CC(=O)O[C@H](C)C(=O)Nc3ccccc3[N+](=O)[O-])coc2c1. The number of fused-ring (bicyclic) bond motifs is 1. The average molecular weight is 398 g/mol. The fourth-order valence-corrected chi connectivity index (χ4v) is 2.75. The number of furan rings is 1. The highest BCUT2D eigenvalue weighted by atomic mass is 16.6. The lowest BCUT2D eigenvalue weighted by atomic mass is 10.1. The van der Waals surface area contributed by atoms with Gasteiger partial charge in [0, 0.05) is 23.1 Å². The van der Waals surface area contributed by atoms with Crippen molar-refractivity contribution in [2.24, 2.45) is 0 Å². The number of hydrogen-bond acceptors (Lipinski definition) is 7. The summed E-state index contributed by atoms with van der Waals surface area (Å²) in [5, 5.41) is 14.2. The number of nitrogens with zero attached hydrogens (tertiary/aromatic N) is 1. The number of methoxy groups -OCH3 is 1. The first-order valence-electron chi connectivity index (χ1n) is 8.67. The highest BCUT2D eigenvalue weighted by Crippen LogP contribution is 2.26. The topological polar surface area (TPSA) is 121 Å². The molecule has 2 aromatic carbocycles. The van der Waals surface area contributed by atoms with Crippen molar-refractivity contribution in [3.8, 4) is 5.75 Å². The predicted molar refractivity (Wildman–Crippen MR) is 104 cm³/mol. The summed E-state index contributed by atoms with van der Waals surface area (Å²) in [6.45, 7) is 1.39. The molecule has 0 fully saturated rings. The maximum atomic E-state index is 12.3. The van der Waals surface area contributed by atoms with Crippen LogP contribution in [0.2, 0.25) is 0 Å². The second kappa shape index (κ2) is 8.42. The van der Waals surface area contributed by atoms with Crippen LogP contribution >= 0.6 is 0 Å². The normalized spacial score (nSPS) is 11.7. The van der Waals surface area contributed by atoms with E-state index in [-0.39, 0.29) is 17.8 Å². The molecule has 1 N–H and O–H groups in total. The van der Waals surface area contributed by atoms with Crippen LogP contribution in [-0.2, 0) is 20.7 Å². The van der Waals surface area contributed by atoms with Gasteiger partial charge in [0.05, 0.1) is 24.7 Å². The maximum Gasteiger partial charge on any atom is 0.311 e. The number of carbonyl (C=O) groups excluding carboxylic acids is 2. The third-order valence-corrected chi connectivity index (χ3v) is 4.23. The molecule has 1 atom stereocenters. The van der Waals surface area contributed by atoms with E-state index < -0.39 is 22.9 Å². The number of nitrogens with one attached hydrogen (secondary N) is 1. The standard InChI is InChI=1S/C20H18N2O7/c1-12(20(24)21-16-5-3-4-6-17(16)22(25)26)29-19(23)9-13-11-28-18-10-14(27-2)7-8-15(13)18/h3-8,10-12H,9H2,1-2H3,(H,21,24)/t12-/m1/s1. The zero-order chi connectivity index (χ0) is 21.0. The van der Waals surface area contributed by atoms with Crippen molar-refractivity contribution < 1.29 is 28.4 Å². The van der Waals surface area contributed by atoms with Gasteiger partial charge in [0.1, 0.15) is 17.0 Å². The van der Waals surface area contributed by atoms with Gasteiger partial charge in [-0.2, -0.15) is 0 Å². The minimum atomic E-state index is -1.14. The first kappa shape index (κ1) is 19.9. The minimum absolute atomic E-state index is 0.0279. The number of amides is 1. The molecule has 0 bridgehead atoms. The molecular weight excluding hydrogens is 380 g/mol. The minimum Gasteiger partial charge on any atom is -0.497 e. The Hall–Kier alpha value is -3.88. The van der Waals surface area contributed by atoms with Gasteiger partial charge < -0.3 is 19.2 Å². The fraction of sp³-hybridized carbons (Fsp3) is 0.200. The Kier molecular flexibility index (Phi) is 5.77. The summed E-state index contributed by atoms with van der Waals surface area (Å²) in [6, 6.07) is 10.9. The van der Waals surface area contributed by atoms with Crippen LogP contribution < -0.4 is 10.1 Å². The van der Waals surface area contributed by atoms with E-state index in [0.29, 0.717) is 16.9 Å². The van der Waals surface area contributed by atoms with Crippen molar-refractivity contribution in [1.82, 2.24) is 0 Å². The lowest BCUT2D eigenvalue weighted by Crippen LogP contribution is -2.30. The van der Waals surface area contributed by atoms with Crippen molar-refractivity contribution >= 4 is 34.2 Å². The van der Waals surface area contributed by atoms with Gasteiger partial charge in [-0.1, -0.05) is 12.1 Å². The maximum absolute atomic E-state index is 12.3. The molecule has 0 aliphatic rings. The summed E-state index contributed by atoms with van der Waals surface area (Å²) in [6.07, 6.45) is 0.215. The highest BCUT2D eigenvalue weighted by molar-refractivity contribution is 5.97. The number of nitro groups is 1. The number of anilines is 1. The number of carbonyl (C=O) groups is 2. The molecule has 3 aromatic rings. The Balaban J connectivity index is 1.63. The summed E-state index contributed by atoms with van der Waals surface area (Å²) in [5.41, 5.74) is 0.952.